The highest BCUT2D eigenvalue weighted by Crippen LogP contribution is 2.11. The van der Waals surface area contributed by atoms with Gasteiger partial charge in [0, 0.05) is 19.6 Å². The number of hydrogen-bond acceptors (Lipinski definition) is 5. The van der Waals surface area contributed by atoms with Gasteiger partial charge in [-0.1, -0.05) is 6.92 Å². The van der Waals surface area contributed by atoms with Gasteiger partial charge in [0.1, 0.15) is 18.5 Å². The molecule has 1 saturated heterocycles. The topological polar surface area (TPSA) is 46.6 Å². The molecule has 1 N–H and O–H groups in total. The Morgan fingerprint density at radius 1 is 1.53 bits per heavy atom. The van der Waals surface area contributed by atoms with Crippen molar-refractivity contribution in [3.05, 3.63) is 24.0 Å². The Morgan fingerprint density at radius 2 is 2.42 bits per heavy atom. The number of likely N-dealkylation sites (N-methyl/N-ethyl adjacent to an activating group) is 1. The van der Waals surface area contributed by atoms with E-state index in [-0.39, 0.29) is 6.10 Å². The first-order valence-electron chi connectivity index (χ1n) is 6.88. The van der Waals surface area contributed by atoms with Gasteiger partial charge in [-0.2, -0.15) is 0 Å². The lowest BCUT2D eigenvalue weighted by atomic mass is 10.3. The standard InChI is InChI=1S/C14H23N3O2/c1-3-17-6-7-18-14(10-17)11-19-13-5-4-12(8-15-2)16-9-13/h4-5,9,14-15H,3,6-8,10-11H2,1-2H3. The van der Waals surface area contributed by atoms with Crippen molar-refractivity contribution in [3.63, 3.8) is 0 Å². The van der Waals surface area contributed by atoms with Gasteiger partial charge in [-0.15, -0.1) is 0 Å². The number of ether oxygens (including phenoxy) is 2. The van der Waals surface area contributed by atoms with Gasteiger partial charge < -0.3 is 14.8 Å². The Balaban J connectivity index is 1.78. The lowest BCUT2D eigenvalue weighted by Crippen LogP contribution is -2.44. The molecule has 2 heterocycles. The molecule has 0 aromatic carbocycles. The average molecular weight is 265 g/mol. The summed E-state index contributed by atoms with van der Waals surface area (Å²) in [7, 11) is 1.91. The van der Waals surface area contributed by atoms with Gasteiger partial charge >= 0.3 is 0 Å². The van der Waals surface area contributed by atoms with Crippen molar-refractivity contribution in [2.45, 2.75) is 19.6 Å². The SMILES string of the molecule is CCN1CCOC(COc2ccc(CNC)nc2)C1. The minimum atomic E-state index is 0.158. The van der Waals surface area contributed by atoms with E-state index in [0.29, 0.717) is 6.61 Å². The number of aromatic nitrogens is 1. The first kappa shape index (κ1) is 14.2. The third kappa shape index (κ3) is 4.45. The lowest BCUT2D eigenvalue weighted by molar-refractivity contribution is -0.0464. The van der Waals surface area contributed by atoms with E-state index in [0.717, 1.165) is 44.2 Å². The Kier molecular flexibility index (Phi) is 5.57. The van der Waals surface area contributed by atoms with Crippen LogP contribution in [0.3, 0.4) is 0 Å². The molecule has 1 fully saturated rings. The number of nitrogens with zero attached hydrogens (tertiary/aromatic N) is 2. The Bertz CT molecular complexity index is 369. The average Bonchev–Trinajstić information content (AvgIpc) is 2.47. The maximum atomic E-state index is 5.74. The predicted octanol–water partition coefficient (Wildman–Crippen LogP) is 0.900. The van der Waals surface area contributed by atoms with Crippen LogP contribution >= 0.6 is 0 Å². The molecule has 1 atom stereocenters. The van der Waals surface area contributed by atoms with E-state index in [1.165, 1.54) is 0 Å². The van der Waals surface area contributed by atoms with Crippen LogP contribution in [0.25, 0.3) is 0 Å². The molecule has 1 unspecified atom stereocenters. The first-order valence-corrected chi connectivity index (χ1v) is 6.88. The fourth-order valence-corrected chi connectivity index (χ4v) is 2.14. The van der Waals surface area contributed by atoms with E-state index in [4.69, 9.17) is 9.47 Å². The number of rotatable bonds is 6. The van der Waals surface area contributed by atoms with Crippen LogP contribution in [0, 0.1) is 0 Å². The molecule has 0 bridgehead atoms. The molecule has 0 amide bonds. The fourth-order valence-electron chi connectivity index (χ4n) is 2.14. The highest BCUT2D eigenvalue weighted by Gasteiger charge is 2.19. The minimum absolute atomic E-state index is 0.158. The largest absolute Gasteiger partial charge is 0.489 e. The third-order valence-corrected chi connectivity index (χ3v) is 3.26. The van der Waals surface area contributed by atoms with Gasteiger partial charge in [0.05, 0.1) is 18.5 Å². The lowest BCUT2D eigenvalue weighted by Gasteiger charge is -2.31. The predicted molar refractivity (Wildman–Crippen MR) is 74.3 cm³/mol. The Hall–Kier alpha value is -1.17. The number of morpholine rings is 1. The second kappa shape index (κ2) is 7.43. The normalized spacial score (nSPS) is 20.4. The number of hydrogen-bond donors (Lipinski definition) is 1. The molecule has 5 nitrogen and oxygen atoms in total. The highest BCUT2D eigenvalue weighted by atomic mass is 16.5. The van der Waals surface area contributed by atoms with Crippen LogP contribution in [0.5, 0.6) is 5.75 Å². The van der Waals surface area contributed by atoms with Gasteiger partial charge in [0.2, 0.25) is 0 Å². The first-order chi connectivity index (χ1) is 9.31. The maximum absolute atomic E-state index is 5.74. The summed E-state index contributed by atoms with van der Waals surface area (Å²) in [5.74, 6) is 0.803. The Morgan fingerprint density at radius 3 is 3.11 bits per heavy atom. The molecule has 5 heteroatoms. The van der Waals surface area contributed by atoms with E-state index in [9.17, 15) is 0 Å². The molecule has 2 rings (SSSR count). The van der Waals surface area contributed by atoms with Crippen molar-refractivity contribution in [1.82, 2.24) is 15.2 Å². The molecule has 0 radical (unpaired) electrons. The van der Waals surface area contributed by atoms with Gasteiger partial charge in [-0.25, -0.2) is 0 Å². The summed E-state index contributed by atoms with van der Waals surface area (Å²) in [5.41, 5.74) is 1.01. The van der Waals surface area contributed by atoms with Crippen LogP contribution in [-0.4, -0.2) is 55.9 Å². The molecular formula is C14H23N3O2. The van der Waals surface area contributed by atoms with Crippen LogP contribution in [0.1, 0.15) is 12.6 Å². The quantitative estimate of drug-likeness (QED) is 0.828. The molecule has 0 spiro atoms. The molecule has 1 aliphatic heterocycles. The van der Waals surface area contributed by atoms with E-state index < -0.39 is 0 Å². The van der Waals surface area contributed by atoms with Crippen molar-refractivity contribution in [2.24, 2.45) is 0 Å². The van der Waals surface area contributed by atoms with E-state index in [2.05, 4.69) is 22.1 Å². The van der Waals surface area contributed by atoms with Crippen molar-refractivity contribution in [2.75, 3.05) is 39.9 Å². The van der Waals surface area contributed by atoms with Crippen LogP contribution in [0.15, 0.2) is 18.3 Å². The van der Waals surface area contributed by atoms with Crippen LogP contribution in [0.2, 0.25) is 0 Å². The zero-order valence-electron chi connectivity index (χ0n) is 11.8. The number of pyridine rings is 1. The molecule has 1 aliphatic rings. The van der Waals surface area contributed by atoms with Gasteiger partial charge in [0.15, 0.2) is 0 Å². The van der Waals surface area contributed by atoms with Gasteiger partial charge in [-0.05, 0) is 25.7 Å². The molecule has 19 heavy (non-hydrogen) atoms. The smallest absolute Gasteiger partial charge is 0.137 e. The second-order valence-corrected chi connectivity index (χ2v) is 4.71. The van der Waals surface area contributed by atoms with Crippen LogP contribution in [-0.2, 0) is 11.3 Å². The summed E-state index contributed by atoms with van der Waals surface area (Å²) in [5, 5.41) is 3.07. The summed E-state index contributed by atoms with van der Waals surface area (Å²) in [6.07, 6.45) is 1.93. The minimum Gasteiger partial charge on any atom is -0.489 e. The third-order valence-electron chi connectivity index (χ3n) is 3.26. The van der Waals surface area contributed by atoms with E-state index in [1.807, 2.05) is 19.2 Å². The summed E-state index contributed by atoms with van der Waals surface area (Å²) >= 11 is 0. The zero-order valence-corrected chi connectivity index (χ0v) is 11.8. The van der Waals surface area contributed by atoms with Gasteiger partial charge in [0.25, 0.3) is 0 Å². The molecule has 106 valence electrons. The van der Waals surface area contributed by atoms with Crippen molar-refractivity contribution >= 4 is 0 Å². The van der Waals surface area contributed by atoms with E-state index >= 15 is 0 Å². The second-order valence-electron chi connectivity index (χ2n) is 4.71. The molecule has 1 aromatic rings. The molecule has 1 aromatic heterocycles. The molecule has 0 saturated carbocycles. The highest BCUT2D eigenvalue weighted by molar-refractivity contribution is 5.19. The van der Waals surface area contributed by atoms with Gasteiger partial charge in [-0.3, -0.25) is 9.88 Å². The summed E-state index contributed by atoms with van der Waals surface area (Å²) in [6, 6.07) is 3.94. The Labute approximate surface area is 114 Å². The van der Waals surface area contributed by atoms with E-state index in [1.54, 1.807) is 6.20 Å². The summed E-state index contributed by atoms with van der Waals surface area (Å²) < 4.78 is 11.4. The summed E-state index contributed by atoms with van der Waals surface area (Å²) in [4.78, 5) is 6.71. The van der Waals surface area contributed by atoms with Crippen LogP contribution < -0.4 is 10.1 Å². The molecule has 0 aliphatic carbocycles. The zero-order chi connectivity index (χ0) is 13.5. The van der Waals surface area contributed by atoms with Crippen molar-refractivity contribution in [1.29, 1.82) is 0 Å². The summed E-state index contributed by atoms with van der Waals surface area (Å²) in [6.45, 7) is 7.37. The molecular weight excluding hydrogens is 242 g/mol. The monoisotopic (exact) mass is 265 g/mol. The number of nitrogens with one attached hydrogen (secondary N) is 1. The maximum Gasteiger partial charge on any atom is 0.137 e. The fraction of sp³-hybridized carbons (Fsp3) is 0.643. The van der Waals surface area contributed by atoms with Crippen LogP contribution in [0.4, 0.5) is 0 Å². The van der Waals surface area contributed by atoms with Crippen molar-refractivity contribution in [3.8, 4) is 5.75 Å². The van der Waals surface area contributed by atoms with Crippen molar-refractivity contribution < 1.29 is 9.47 Å².